The van der Waals surface area contributed by atoms with Gasteiger partial charge in [0.05, 0.1) is 0 Å². The fourth-order valence-corrected chi connectivity index (χ4v) is 4.86. The quantitative estimate of drug-likeness (QED) is 0.223. The van der Waals surface area contributed by atoms with Gasteiger partial charge in [0.1, 0.15) is 40.0 Å². The Morgan fingerprint density at radius 2 is 1.77 bits per heavy atom. The maximum absolute atomic E-state index is 12.9. The Morgan fingerprint density at radius 1 is 1.03 bits per heavy atom. The first-order valence-electron chi connectivity index (χ1n) is 13.2. The van der Waals surface area contributed by atoms with Crippen LogP contribution in [-0.4, -0.2) is 45.1 Å². The minimum atomic E-state index is -0.189. The number of para-hydroxylation sites is 1. The van der Waals surface area contributed by atoms with Crippen molar-refractivity contribution in [3.8, 4) is 29.1 Å². The second kappa shape index (κ2) is 10.9. The zero-order chi connectivity index (χ0) is 26.6. The number of aromatic amines is 1. The van der Waals surface area contributed by atoms with Crippen molar-refractivity contribution in [1.29, 1.82) is 5.26 Å². The van der Waals surface area contributed by atoms with Crippen molar-refractivity contribution in [1.82, 2.24) is 20.1 Å². The smallest absolute Gasteiger partial charge is 0.264 e. The summed E-state index contributed by atoms with van der Waals surface area (Å²) in [6.07, 6.45) is 7.54. The van der Waals surface area contributed by atoms with Gasteiger partial charge in [0.15, 0.2) is 11.5 Å². The van der Waals surface area contributed by atoms with E-state index in [4.69, 9.17) is 9.47 Å². The van der Waals surface area contributed by atoms with E-state index in [0.717, 1.165) is 36.8 Å². The Morgan fingerprint density at radius 3 is 2.49 bits per heavy atom. The van der Waals surface area contributed by atoms with Gasteiger partial charge >= 0.3 is 0 Å². The molecule has 4 aromatic rings. The number of carbonyl (C=O) groups is 1. The Labute approximate surface area is 226 Å². The molecule has 2 N–H and O–H groups in total. The largest absolute Gasteiger partial charge is 0.457 e. The standard InChI is InChI=1S/C30H28N6O3/c31-18-21(17-20-5-4-6-20)30(37)36-16-14-22(19-36)33-29-27-26(13-15-32-28(27)34-35-29)39-25-11-9-24(10-12-25)38-23-7-2-1-3-8-23/h1-3,7-13,15,17,20,22H,4-6,14,16,19H2,(H2,32,33,34,35)/b21-17-. The zero-order valence-electron chi connectivity index (χ0n) is 21.3. The van der Waals surface area contributed by atoms with Crippen LogP contribution in [0.1, 0.15) is 25.7 Å². The lowest BCUT2D eigenvalue weighted by atomic mass is 9.84. The van der Waals surface area contributed by atoms with Gasteiger partial charge < -0.3 is 19.7 Å². The van der Waals surface area contributed by atoms with Crippen molar-refractivity contribution in [3.63, 3.8) is 0 Å². The molecule has 9 heteroatoms. The van der Waals surface area contributed by atoms with E-state index < -0.39 is 0 Å². The summed E-state index contributed by atoms with van der Waals surface area (Å²) in [5.41, 5.74) is 0.853. The average molecular weight is 521 g/mol. The second-order valence-electron chi connectivity index (χ2n) is 9.86. The highest BCUT2D eigenvalue weighted by atomic mass is 16.5. The summed E-state index contributed by atoms with van der Waals surface area (Å²) in [6, 6.07) is 20.9. The van der Waals surface area contributed by atoms with Crippen LogP contribution in [0.25, 0.3) is 11.0 Å². The number of allylic oxidation sites excluding steroid dienone is 1. The molecule has 2 aromatic heterocycles. The maximum atomic E-state index is 12.9. The Balaban J connectivity index is 1.14. The van der Waals surface area contributed by atoms with Crippen LogP contribution in [0.4, 0.5) is 5.82 Å². The SMILES string of the molecule is N#C/C(=C/C1CCC1)C(=O)N1CCC(Nc2n[nH]c3nccc(Oc4ccc(Oc5ccccc5)cc4)c23)C1. The minimum absolute atomic E-state index is 0.00781. The Kier molecular flexibility index (Phi) is 6.83. The minimum Gasteiger partial charge on any atom is -0.457 e. The van der Waals surface area contributed by atoms with E-state index in [1.807, 2.05) is 60.7 Å². The van der Waals surface area contributed by atoms with Gasteiger partial charge in [0, 0.05) is 31.4 Å². The molecule has 196 valence electrons. The van der Waals surface area contributed by atoms with E-state index in [1.54, 1.807) is 17.2 Å². The molecule has 3 heterocycles. The van der Waals surface area contributed by atoms with Crippen LogP contribution in [0.5, 0.6) is 23.0 Å². The molecule has 1 saturated heterocycles. The lowest BCUT2D eigenvalue weighted by molar-refractivity contribution is -0.125. The molecule has 9 nitrogen and oxygen atoms in total. The van der Waals surface area contributed by atoms with Crippen molar-refractivity contribution in [2.24, 2.45) is 5.92 Å². The van der Waals surface area contributed by atoms with E-state index >= 15 is 0 Å². The van der Waals surface area contributed by atoms with Crippen molar-refractivity contribution < 1.29 is 14.3 Å². The highest BCUT2D eigenvalue weighted by molar-refractivity contribution is 5.97. The van der Waals surface area contributed by atoms with Crippen LogP contribution in [0.2, 0.25) is 0 Å². The fourth-order valence-electron chi connectivity index (χ4n) is 4.86. The number of amides is 1. The summed E-state index contributed by atoms with van der Waals surface area (Å²) in [5.74, 6) is 3.51. The van der Waals surface area contributed by atoms with Gasteiger partial charge in [-0.05, 0) is 61.6 Å². The predicted molar refractivity (Wildman–Crippen MR) is 147 cm³/mol. The zero-order valence-corrected chi connectivity index (χ0v) is 21.3. The van der Waals surface area contributed by atoms with Crippen LogP contribution in [0.3, 0.4) is 0 Å². The van der Waals surface area contributed by atoms with Crippen molar-refractivity contribution >= 4 is 22.8 Å². The molecule has 1 atom stereocenters. The molecule has 2 aliphatic rings. The molecular formula is C30H28N6O3. The van der Waals surface area contributed by atoms with Crippen molar-refractivity contribution in [2.75, 3.05) is 18.4 Å². The number of nitrogens with one attached hydrogen (secondary N) is 2. The van der Waals surface area contributed by atoms with Crippen molar-refractivity contribution in [2.45, 2.75) is 31.7 Å². The molecule has 2 fully saturated rings. The number of nitriles is 1. The molecule has 1 aliphatic heterocycles. The molecular weight excluding hydrogens is 492 g/mol. The number of aromatic nitrogens is 3. The van der Waals surface area contributed by atoms with Gasteiger partial charge in [-0.3, -0.25) is 9.89 Å². The van der Waals surface area contributed by atoms with Gasteiger partial charge in [0.25, 0.3) is 5.91 Å². The second-order valence-corrected chi connectivity index (χ2v) is 9.86. The number of carbonyl (C=O) groups excluding carboxylic acids is 1. The highest BCUT2D eigenvalue weighted by Gasteiger charge is 2.30. The van der Waals surface area contributed by atoms with Gasteiger partial charge in [-0.15, -0.1) is 0 Å². The van der Waals surface area contributed by atoms with E-state index in [2.05, 4.69) is 26.6 Å². The van der Waals surface area contributed by atoms with E-state index in [1.165, 1.54) is 0 Å². The summed E-state index contributed by atoms with van der Waals surface area (Å²) in [4.78, 5) is 19.1. The number of rotatable bonds is 8. The molecule has 39 heavy (non-hydrogen) atoms. The maximum Gasteiger partial charge on any atom is 0.264 e. The molecule has 2 aromatic carbocycles. The lowest BCUT2D eigenvalue weighted by Gasteiger charge is -2.23. The number of hydrogen-bond acceptors (Lipinski definition) is 7. The third-order valence-corrected chi connectivity index (χ3v) is 7.17. The van der Waals surface area contributed by atoms with Gasteiger partial charge in [-0.2, -0.15) is 10.4 Å². The number of pyridine rings is 1. The lowest BCUT2D eigenvalue weighted by Crippen LogP contribution is -2.32. The Bertz CT molecular complexity index is 1540. The van der Waals surface area contributed by atoms with Gasteiger partial charge in [-0.25, -0.2) is 4.98 Å². The predicted octanol–water partition coefficient (Wildman–Crippen LogP) is 5.81. The highest BCUT2D eigenvalue weighted by Crippen LogP contribution is 2.35. The first-order chi connectivity index (χ1) is 19.2. The summed E-state index contributed by atoms with van der Waals surface area (Å²) >= 11 is 0. The molecule has 1 aliphatic carbocycles. The number of benzene rings is 2. The van der Waals surface area contributed by atoms with Crippen LogP contribution >= 0.6 is 0 Å². The summed E-state index contributed by atoms with van der Waals surface area (Å²) in [6.45, 7) is 1.08. The fraction of sp³-hybridized carbons (Fsp3) is 0.267. The number of anilines is 1. The third kappa shape index (κ3) is 5.41. The molecule has 0 radical (unpaired) electrons. The van der Waals surface area contributed by atoms with Crippen LogP contribution in [0.15, 0.2) is 78.5 Å². The van der Waals surface area contributed by atoms with E-state index in [-0.39, 0.29) is 17.5 Å². The molecule has 1 saturated carbocycles. The Hall–Kier alpha value is -4.84. The number of fused-ring (bicyclic) bond motifs is 1. The van der Waals surface area contributed by atoms with Gasteiger partial charge in [0.2, 0.25) is 0 Å². The topological polar surface area (TPSA) is 116 Å². The molecule has 1 amide bonds. The summed E-state index contributed by atoms with van der Waals surface area (Å²) < 4.78 is 12.1. The normalized spacial score (nSPS) is 17.5. The van der Waals surface area contributed by atoms with E-state index in [9.17, 15) is 10.1 Å². The first-order valence-corrected chi connectivity index (χ1v) is 13.2. The number of likely N-dealkylation sites (tertiary alicyclic amines) is 1. The van der Waals surface area contributed by atoms with E-state index in [0.29, 0.717) is 47.7 Å². The molecule has 0 spiro atoms. The van der Waals surface area contributed by atoms with Crippen LogP contribution in [-0.2, 0) is 4.79 Å². The third-order valence-electron chi connectivity index (χ3n) is 7.17. The molecule has 1 unspecified atom stereocenters. The average Bonchev–Trinajstić information content (AvgIpc) is 3.58. The first kappa shape index (κ1) is 24.5. The number of H-pyrrole nitrogens is 1. The van der Waals surface area contributed by atoms with Crippen LogP contribution < -0.4 is 14.8 Å². The van der Waals surface area contributed by atoms with Crippen LogP contribution in [0, 0.1) is 17.2 Å². The number of ether oxygens (including phenoxy) is 2. The van der Waals surface area contributed by atoms with Gasteiger partial charge in [-0.1, -0.05) is 30.7 Å². The summed E-state index contributed by atoms with van der Waals surface area (Å²) in [5, 5.41) is 21.1. The number of nitrogens with zero attached hydrogens (tertiary/aromatic N) is 4. The summed E-state index contributed by atoms with van der Waals surface area (Å²) in [7, 11) is 0. The monoisotopic (exact) mass is 520 g/mol. The molecule has 0 bridgehead atoms. The molecule has 6 rings (SSSR count). The van der Waals surface area contributed by atoms with Crippen molar-refractivity contribution in [3.05, 3.63) is 78.5 Å². The number of hydrogen-bond donors (Lipinski definition) is 2.